The smallest absolute Gasteiger partial charge is 0.255 e. The van der Waals surface area contributed by atoms with Gasteiger partial charge in [-0.05, 0) is 61.5 Å². The van der Waals surface area contributed by atoms with E-state index in [4.69, 9.17) is 0 Å². The van der Waals surface area contributed by atoms with Gasteiger partial charge in [-0.1, -0.05) is 12.1 Å². The number of amides is 2. The van der Waals surface area contributed by atoms with Crippen molar-refractivity contribution in [2.45, 2.75) is 22.0 Å². The van der Waals surface area contributed by atoms with E-state index >= 15 is 0 Å². The number of fused-ring (bicyclic) bond motifs is 1. The van der Waals surface area contributed by atoms with Crippen molar-refractivity contribution in [2.24, 2.45) is 0 Å². The molecule has 0 fully saturated rings. The Kier molecular flexibility index (Phi) is 6.06. The molecule has 0 radical (unpaired) electrons. The first-order valence-electron chi connectivity index (χ1n) is 9.36. The van der Waals surface area contributed by atoms with Crippen molar-refractivity contribution in [3.05, 3.63) is 78.1 Å². The molecule has 31 heavy (non-hydrogen) atoms. The lowest BCUT2D eigenvalue weighted by molar-refractivity contribution is -0.115. The van der Waals surface area contributed by atoms with Gasteiger partial charge in [0.25, 0.3) is 5.91 Å². The van der Waals surface area contributed by atoms with Gasteiger partial charge in [-0.2, -0.15) is 0 Å². The fourth-order valence-corrected chi connectivity index (χ4v) is 4.71. The van der Waals surface area contributed by atoms with Crippen LogP contribution in [-0.4, -0.2) is 21.3 Å². The number of halogens is 1. The van der Waals surface area contributed by atoms with Crippen LogP contribution in [0.5, 0.6) is 0 Å². The van der Waals surface area contributed by atoms with E-state index in [-0.39, 0.29) is 22.8 Å². The number of hydrogen-bond donors (Lipinski definition) is 3. The Labute approximate surface area is 185 Å². The van der Waals surface area contributed by atoms with Gasteiger partial charge in [0, 0.05) is 16.1 Å². The van der Waals surface area contributed by atoms with Gasteiger partial charge in [0.05, 0.1) is 21.5 Å². The summed E-state index contributed by atoms with van der Waals surface area (Å²) in [5, 5.41) is 5.40. The number of para-hydroxylation sites is 1. The van der Waals surface area contributed by atoms with Crippen molar-refractivity contribution in [2.75, 3.05) is 15.4 Å². The third-order valence-corrected chi connectivity index (χ3v) is 6.86. The summed E-state index contributed by atoms with van der Waals surface area (Å²) in [4.78, 5) is 25.8. The van der Waals surface area contributed by atoms with E-state index in [9.17, 15) is 18.2 Å². The highest BCUT2D eigenvalue weighted by atomic mass is 32.2. The van der Waals surface area contributed by atoms with Crippen LogP contribution in [0.4, 0.5) is 21.5 Å². The Bertz CT molecular complexity index is 1180. The summed E-state index contributed by atoms with van der Waals surface area (Å²) >= 11 is 1.45. The molecule has 158 valence electrons. The number of nitrogens with one attached hydrogen (secondary N) is 3. The monoisotopic (exact) mass is 455 g/mol. The van der Waals surface area contributed by atoms with Crippen LogP contribution in [0.2, 0.25) is 0 Å². The standard InChI is InChI=1S/C22H18FN3O3S2/c1-13-21(27)25-19-12-14(6-11-20(19)30-13)22(28)24-15-7-9-16(10-8-15)31(29)26-18-5-3-2-4-17(18)23/h2-13,26H,1H3,(H,24,28)(H,25,27). The fraction of sp³-hybridized carbons (Fsp3) is 0.0909. The van der Waals surface area contributed by atoms with E-state index in [0.717, 1.165) is 4.90 Å². The van der Waals surface area contributed by atoms with Gasteiger partial charge in [-0.15, -0.1) is 11.8 Å². The van der Waals surface area contributed by atoms with Crippen molar-refractivity contribution >= 4 is 51.6 Å². The number of carbonyl (C=O) groups excluding carboxylic acids is 2. The zero-order valence-corrected chi connectivity index (χ0v) is 18.0. The maximum Gasteiger partial charge on any atom is 0.255 e. The predicted octanol–water partition coefficient (Wildman–Crippen LogP) is 4.65. The summed E-state index contributed by atoms with van der Waals surface area (Å²) in [5.74, 6) is -0.921. The highest BCUT2D eigenvalue weighted by Gasteiger charge is 2.23. The topological polar surface area (TPSA) is 87.3 Å². The molecule has 6 nitrogen and oxygen atoms in total. The van der Waals surface area contributed by atoms with Gasteiger partial charge in [-0.25, -0.2) is 8.60 Å². The molecule has 1 aliphatic rings. The summed E-state index contributed by atoms with van der Waals surface area (Å²) in [7, 11) is -1.65. The summed E-state index contributed by atoms with van der Waals surface area (Å²) in [6.45, 7) is 1.83. The van der Waals surface area contributed by atoms with Crippen LogP contribution >= 0.6 is 11.8 Å². The van der Waals surface area contributed by atoms with Crippen LogP contribution in [0.1, 0.15) is 17.3 Å². The van der Waals surface area contributed by atoms with E-state index in [2.05, 4.69) is 15.4 Å². The van der Waals surface area contributed by atoms with Gasteiger partial charge in [-0.3, -0.25) is 14.3 Å². The molecule has 1 aliphatic heterocycles. The lowest BCUT2D eigenvalue weighted by Crippen LogP contribution is -2.26. The molecule has 9 heteroatoms. The molecule has 3 aromatic rings. The first kappa shape index (κ1) is 21.1. The minimum atomic E-state index is -1.65. The molecule has 0 aliphatic carbocycles. The number of benzene rings is 3. The molecule has 3 aromatic carbocycles. The Morgan fingerprint density at radius 1 is 1.10 bits per heavy atom. The molecule has 0 spiro atoms. The molecule has 0 saturated carbocycles. The molecule has 0 aromatic heterocycles. The first-order chi connectivity index (χ1) is 14.9. The zero-order chi connectivity index (χ0) is 22.0. The third kappa shape index (κ3) is 4.78. The van der Waals surface area contributed by atoms with Crippen molar-refractivity contribution in [1.29, 1.82) is 0 Å². The molecule has 0 bridgehead atoms. The fourth-order valence-electron chi connectivity index (χ4n) is 2.92. The Hall–Kier alpha value is -3.17. The molecule has 2 unspecified atom stereocenters. The molecular weight excluding hydrogens is 437 g/mol. The van der Waals surface area contributed by atoms with Gasteiger partial charge in [0.1, 0.15) is 16.8 Å². The Balaban J connectivity index is 1.43. The van der Waals surface area contributed by atoms with E-state index in [0.29, 0.717) is 21.8 Å². The average Bonchev–Trinajstić information content (AvgIpc) is 2.76. The van der Waals surface area contributed by atoms with Gasteiger partial charge in [0.2, 0.25) is 5.91 Å². The van der Waals surface area contributed by atoms with Crippen LogP contribution in [0.15, 0.2) is 76.5 Å². The van der Waals surface area contributed by atoms with Crippen molar-refractivity contribution in [3.8, 4) is 0 Å². The number of anilines is 3. The highest BCUT2D eigenvalue weighted by Crippen LogP contribution is 2.36. The quantitative estimate of drug-likeness (QED) is 0.523. The summed E-state index contributed by atoms with van der Waals surface area (Å²) in [6, 6.07) is 17.5. The molecule has 2 amide bonds. The Morgan fingerprint density at radius 3 is 2.58 bits per heavy atom. The highest BCUT2D eigenvalue weighted by molar-refractivity contribution is 8.01. The van der Waals surface area contributed by atoms with Gasteiger partial charge >= 0.3 is 0 Å². The Morgan fingerprint density at radius 2 is 1.84 bits per heavy atom. The minimum absolute atomic E-state index is 0.0948. The van der Waals surface area contributed by atoms with Crippen molar-refractivity contribution < 1.29 is 18.2 Å². The molecular formula is C22H18FN3O3S2. The maximum atomic E-state index is 13.7. The van der Waals surface area contributed by atoms with Gasteiger partial charge in [0.15, 0.2) is 0 Å². The SMILES string of the molecule is CC1Sc2ccc(C(=O)Nc3ccc(S(=O)Nc4ccccc4F)cc3)cc2NC1=O. The van der Waals surface area contributed by atoms with Crippen LogP contribution in [0.3, 0.4) is 0 Å². The first-order valence-corrected chi connectivity index (χ1v) is 11.4. The lowest BCUT2D eigenvalue weighted by Gasteiger charge is -2.21. The van der Waals surface area contributed by atoms with E-state index in [1.54, 1.807) is 48.5 Å². The van der Waals surface area contributed by atoms with Crippen molar-refractivity contribution in [3.63, 3.8) is 0 Å². The third-order valence-electron chi connectivity index (χ3n) is 4.58. The van der Waals surface area contributed by atoms with Crippen molar-refractivity contribution in [1.82, 2.24) is 0 Å². The minimum Gasteiger partial charge on any atom is -0.324 e. The molecule has 1 heterocycles. The summed E-state index contributed by atoms with van der Waals surface area (Å²) in [5.41, 5.74) is 1.68. The molecule has 3 N–H and O–H groups in total. The van der Waals surface area contributed by atoms with E-state index in [1.807, 2.05) is 13.0 Å². The number of rotatable bonds is 5. The number of carbonyl (C=O) groups is 2. The van der Waals surface area contributed by atoms with Crippen LogP contribution in [0, 0.1) is 5.82 Å². The predicted molar refractivity (Wildman–Crippen MR) is 121 cm³/mol. The average molecular weight is 456 g/mol. The number of hydrogen-bond acceptors (Lipinski definition) is 4. The van der Waals surface area contributed by atoms with Crippen LogP contribution in [0.25, 0.3) is 0 Å². The van der Waals surface area contributed by atoms with Crippen LogP contribution < -0.4 is 15.4 Å². The largest absolute Gasteiger partial charge is 0.324 e. The molecule has 4 rings (SSSR count). The van der Waals surface area contributed by atoms with E-state index < -0.39 is 16.8 Å². The normalized spacial score (nSPS) is 16.1. The maximum absolute atomic E-state index is 13.7. The molecule has 0 saturated heterocycles. The number of thioether (sulfide) groups is 1. The second-order valence-corrected chi connectivity index (χ2v) is 9.39. The van der Waals surface area contributed by atoms with Gasteiger partial charge < -0.3 is 10.6 Å². The second-order valence-electron chi connectivity index (χ2n) is 6.79. The zero-order valence-electron chi connectivity index (χ0n) is 16.3. The van der Waals surface area contributed by atoms with E-state index in [1.165, 1.54) is 23.9 Å². The summed E-state index contributed by atoms with van der Waals surface area (Å²) in [6.07, 6.45) is 0. The summed E-state index contributed by atoms with van der Waals surface area (Å²) < 4.78 is 28.7. The lowest BCUT2D eigenvalue weighted by atomic mass is 10.1. The second kappa shape index (κ2) is 8.91. The molecule has 2 atom stereocenters. The van der Waals surface area contributed by atoms with Crippen LogP contribution in [-0.2, 0) is 15.8 Å².